The SMILES string of the molecule is C[C@@H]1CN(c2nc(=O)n(C)c3ccc(Cl)nc23)[C@@H](C)CN1C(c1ccc(F)cc1)c1nc(C2CC2)no1. The summed E-state index contributed by atoms with van der Waals surface area (Å²) in [6.45, 7) is 5.38. The Hall–Kier alpha value is -3.37. The van der Waals surface area contributed by atoms with Crippen LogP contribution < -0.4 is 10.6 Å². The maximum atomic E-state index is 13.8. The molecule has 1 unspecified atom stereocenters. The van der Waals surface area contributed by atoms with Crippen molar-refractivity contribution in [2.24, 2.45) is 7.05 Å². The van der Waals surface area contributed by atoms with Gasteiger partial charge in [-0.05, 0) is 56.5 Å². The molecule has 1 saturated carbocycles. The van der Waals surface area contributed by atoms with Gasteiger partial charge >= 0.3 is 5.69 Å². The molecule has 0 amide bonds. The van der Waals surface area contributed by atoms with Gasteiger partial charge in [-0.15, -0.1) is 0 Å². The Morgan fingerprint density at radius 3 is 2.51 bits per heavy atom. The number of aromatic nitrogens is 5. The highest BCUT2D eigenvalue weighted by Gasteiger charge is 2.39. The van der Waals surface area contributed by atoms with Crippen molar-refractivity contribution in [3.8, 4) is 0 Å². The van der Waals surface area contributed by atoms with Gasteiger partial charge < -0.3 is 9.42 Å². The summed E-state index contributed by atoms with van der Waals surface area (Å²) in [4.78, 5) is 30.8. The van der Waals surface area contributed by atoms with Gasteiger partial charge in [-0.1, -0.05) is 28.9 Å². The zero-order chi connectivity index (χ0) is 25.8. The van der Waals surface area contributed by atoms with Gasteiger partial charge in [0.15, 0.2) is 11.6 Å². The molecule has 6 rings (SSSR count). The molecule has 3 atom stereocenters. The Labute approximate surface area is 217 Å². The number of hydrogen-bond donors (Lipinski definition) is 0. The molecule has 2 aliphatic rings. The average Bonchev–Trinajstić information content (AvgIpc) is 3.62. The van der Waals surface area contributed by atoms with Gasteiger partial charge in [0.1, 0.15) is 22.5 Å². The standard InChI is InChI=1S/C26H27ClFN7O2/c1-14-13-35(24-21-19(10-11-20(27)29-21)33(3)26(36)31-24)15(2)12-34(14)22(16-6-8-18(28)9-7-16)25-30-23(32-37-25)17-4-5-17/h6-11,14-15,17,22H,4-5,12-13H2,1-3H3/t14-,15+,22?/m1/s1. The summed E-state index contributed by atoms with van der Waals surface area (Å²) < 4.78 is 21.0. The van der Waals surface area contributed by atoms with Gasteiger partial charge in [0.05, 0.1) is 5.52 Å². The first kappa shape index (κ1) is 24.0. The quantitative estimate of drug-likeness (QED) is 0.361. The van der Waals surface area contributed by atoms with E-state index < -0.39 is 0 Å². The smallest absolute Gasteiger partial charge is 0.349 e. The minimum absolute atomic E-state index is 0.00243. The summed E-state index contributed by atoms with van der Waals surface area (Å²) in [5.74, 6) is 1.82. The van der Waals surface area contributed by atoms with Crippen molar-refractivity contribution in [2.45, 2.75) is 50.7 Å². The summed E-state index contributed by atoms with van der Waals surface area (Å²) >= 11 is 6.22. The third kappa shape index (κ3) is 4.38. The molecule has 1 saturated heterocycles. The molecular formula is C26H27ClFN7O2. The number of pyridine rings is 1. The third-order valence-corrected chi connectivity index (χ3v) is 7.57. The Morgan fingerprint density at radius 1 is 1.03 bits per heavy atom. The maximum absolute atomic E-state index is 13.8. The van der Waals surface area contributed by atoms with Crippen LogP contribution in [-0.2, 0) is 7.05 Å². The van der Waals surface area contributed by atoms with Crippen molar-refractivity contribution in [1.29, 1.82) is 0 Å². The van der Waals surface area contributed by atoms with Crippen molar-refractivity contribution >= 4 is 28.5 Å². The van der Waals surface area contributed by atoms with Crippen LogP contribution in [0, 0.1) is 5.82 Å². The predicted octanol–water partition coefficient (Wildman–Crippen LogP) is 4.07. The van der Waals surface area contributed by atoms with E-state index in [4.69, 9.17) is 21.1 Å². The lowest BCUT2D eigenvalue weighted by Crippen LogP contribution is -2.58. The fourth-order valence-electron chi connectivity index (χ4n) is 5.18. The van der Waals surface area contributed by atoms with Crippen LogP contribution in [0.1, 0.15) is 55.9 Å². The van der Waals surface area contributed by atoms with E-state index in [0.717, 1.165) is 24.2 Å². The Bertz CT molecular complexity index is 1520. The predicted molar refractivity (Wildman–Crippen MR) is 137 cm³/mol. The van der Waals surface area contributed by atoms with Crippen LogP contribution in [0.2, 0.25) is 5.15 Å². The number of rotatable bonds is 5. The van der Waals surface area contributed by atoms with E-state index in [1.807, 2.05) is 0 Å². The van der Waals surface area contributed by atoms with E-state index >= 15 is 0 Å². The lowest BCUT2D eigenvalue weighted by molar-refractivity contribution is 0.109. The Balaban J connectivity index is 1.37. The van der Waals surface area contributed by atoms with E-state index in [1.54, 1.807) is 31.3 Å². The molecule has 1 aliphatic carbocycles. The van der Waals surface area contributed by atoms with Crippen LogP contribution in [0.3, 0.4) is 0 Å². The molecule has 0 N–H and O–H groups in total. The Morgan fingerprint density at radius 2 is 1.78 bits per heavy atom. The monoisotopic (exact) mass is 523 g/mol. The lowest BCUT2D eigenvalue weighted by atomic mass is 9.99. The molecule has 0 radical (unpaired) electrons. The molecule has 0 bridgehead atoms. The summed E-state index contributed by atoms with van der Waals surface area (Å²) in [6.07, 6.45) is 2.14. The summed E-state index contributed by atoms with van der Waals surface area (Å²) in [6, 6.07) is 9.55. The Kier molecular flexibility index (Phi) is 5.95. The second-order valence-corrected chi connectivity index (χ2v) is 10.4. The summed E-state index contributed by atoms with van der Waals surface area (Å²) in [5.41, 5.74) is 1.79. The number of piperazine rings is 1. The number of halogens is 2. The van der Waals surface area contributed by atoms with Crippen molar-refractivity contribution < 1.29 is 8.91 Å². The van der Waals surface area contributed by atoms with E-state index in [2.05, 4.69) is 38.8 Å². The second-order valence-electron chi connectivity index (χ2n) is 10.0. The largest absolute Gasteiger partial charge is 0.349 e. The van der Waals surface area contributed by atoms with Crippen LogP contribution >= 0.6 is 11.6 Å². The first-order chi connectivity index (χ1) is 17.8. The van der Waals surface area contributed by atoms with Crippen LogP contribution in [0.15, 0.2) is 45.7 Å². The zero-order valence-electron chi connectivity index (χ0n) is 20.8. The van der Waals surface area contributed by atoms with Crippen molar-refractivity contribution in [1.82, 2.24) is 29.6 Å². The van der Waals surface area contributed by atoms with Gasteiger partial charge in [-0.2, -0.15) is 9.97 Å². The number of aryl methyl sites for hydroxylation is 1. The van der Waals surface area contributed by atoms with E-state index in [-0.39, 0.29) is 29.6 Å². The lowest BCUT2D eigenvalue weighted by Gasteiger charge is -2.47. The molecule has 1 aromatic carbocycles. The zero-order valence-corrected chi connectivity index (χ0v) is 21.6. The second kappa shape index (κ2) is 9.18. The van der Waals surface area contributed by atoms with Gasteiger partial charge in [0, 0.05) is 38.1 Å². The molecule has 4 heterocycles. The van der Waals surface area contributed by atoms with Crippen molar-refractivity contribution in [3.05, 3.63) is 75.1 Å². The minimum atomic E-state index is -0.350. The summed E-state index contributed by atoms with van der Waals surface area (Å²) in [5, 5.41) is 4.58. The van der Waals surface area contributed by atoms with E-state index in [1.165, 1.54) is 16.7 Å². The topological polar surface area (TPSA) is 93.2 Å². The van der Waals surface area contributed by atoms with Crippen LogP contribution in [-0.4, -0.2) is 54.7 Å². The first-order valence-electron chi connectivity index (χ1n) is 12.4. The molecule has 2 fully saturated rings. The third-order valence-electron chi connectivity index (χ3n) is 7.36. The van der Waals surface area contributed by atoms with Crippen LogP contribution in [0.4, 0.5) is 10.2 Å². The highest BCUT2D eigenvalue weighted by molar-refractivity contribution is 6.29. The van der Waals surface area contributed by atoms with Gasteiger partial charge in [0.2, 0.25) is 5.89 Å². The summed E-state index contributed by atoms with van der Waals surface area (Å²) in [7, 11) is 1.68. The average molecular weight is 524 g/mol. The molecule has 37 heavy (non-hydrogen) atoms. The van der Waals surface area contributed by atoms with Crippen molar-refractivity contribution in [3.63, 3.8) is 0 Å². The van der Waals surface area contributed by atoms with Gasteiger partial charge in [-0.25, -0.2) is 14.2 Å². The normalized spacial score (nSPS) is 21.5. The van der Waals surface area contributed by atoms with Crippen LogP contribution in [0.5, 0.6) is 0 Å². The molecule has 4 aromatic rings. The number of hydrogen-bond acceptors (Lipinski definition) is 8. The maximum Gasteiger partial charge on any atom is 0.349 e. The molecule has 0 spiro atoms. The molecule has 1 aliphatic heterocycles. The van der Waals surface area contributed by atoms with Crippen molar-refractivity contribution in [2.75, 3.05) is 18.0 Å². The van der Waals surface area contributed by atoms with E-state index in [9.17, 15) is 9.18 Å². The molecule has 9 nitrogen and oxygen atoms in total. The number of anilines is 1. The van der Waals surface area contributed by atoms with Gasteiger partial charge in [-0.3, -0.25) is 9.47 Å². The molecule has 3 aromatic heterocycles. The van der Waals surface area contributed by atoms with Crippen LogP contribution in [0.25, 0.3) is 11.0 Å². The fraction of sp³-hybridized carbons (Fsp3) is 0.423. The number of nitrogens with zero attached hydrogens (tertiary/aromatic N) is 7. The highest BCUT2D eigenvalue weighted by atomic mass is 35.5. The molecule has 11 heteroatoms. The first-order valence-corrected chi connectivity index (χ1v) is 12.8. The number of benzene rings is 1. The minimum Gasteiger partial charge on any atom is -0.349 e. The van der Waals surface area contributed by atoms with Gasteiger partial charge in [0.25, 0.3) is 0 Å². The molecule has 192 valence electrons. The fourth-order valence-corrected chi connectivity index (χ4v) is 5.33. The highest BCUT2D eigenvalue weighted by Crippen LogP contribution is 2.40. The molecular weight excluding hydrogens is 497 g/mol. The van der Waals surface area contributed by atoms with E-state index in [0.29, 0.717) is 46.9 Å². The number of fused-ring (bicyclic) bond motifs is 1.